The molecule has 0 heterocycles. The lowest BCUT2D eigenvalue weighted by atomic mass is 10.1. The third kappa shape index (κ3) is 4.56. The number of carbonyl (C=O) groups is 3. The Hall–Kier alpha value is -2.63. The van der Waals surface area contributed by atoms with Crippen LogP contribution in [0.5, 0.6) is 0 Å². The summed E-state index contributed by atoms with van der Waals surface area (Å²) in [5, 5.41) is 8.51. The SMILES string of the molecule is CCN(CC(N)=O)C(=O)c1ccc(/C=C/C(=O)O)cc1. The Morgan fingerprint density at radius 3 is 2.30 bits per heavy atom. The molecule has 0 aliphatic heterocycles. The van der Waals surface area contributed by atoms with Gasteiger partial charge in [-0.25, -0.2) is 4.79 Å². The molecule has 0 radical (unpaired) electrons. The van der Waals surface area contributed by atoms with Crippen LogP contribution in [0.3, 0.4) is 0 Å². The molecule has 0 saturated carbocycles. The Bertz CT molecular complexity index is 535. The highest BCUT2D eigenvalue weighted by atomic mass is 16.4. The van der Waals surface area contributed by atoms with Crippen molar-refractivity contribution in [1.82, 2.24) is 4.90 Å². The quantitative estimate of drug-likeness (QED) is 0.748. The van der Waals surface area contributed by atoms with Crippen LogP contribution in [-0.4, -0.2) is 40.9 Å². The number of benzene rings is 1. The first-order valence-corrected chi connectivity index (χ1v) is 6.02. The van der Waals surface area contributed by atoms with E-state index in [1.807, 2.05) is 0 Å². The van der Waals surface area contributed by atoms with E-state index < -0.39 is 11.9 Å². The monoisotopic (exact) mass is 276 g/mol. The van der Waals surface area contributed by atoms with Crippen LogP contribution >= 0.6 is 0 Å². The predicted molar refractivity (Wildman–Crippen MR) is 73.9 cm³/mol. The molecule has 6 nitrogen and oxygen atoms in total. The average Bonchev–Trinajstić information content (AvgIpc) is 2.42. The predicted octanol–water partition coefficient (Wildman–Crippen LogP) is 0.732. The van der Waals surface area contributed by atoms with E-state index in [2.05, 4.69) is 0 Å². The van der Waals surface area contributed by atoms with Crippen molar-refractivity contribution in [2.45, 2.75) is 6.92 Å². The molecule has 2 amide bonds. The molecule has 1 rings (SSSR count). The molecule has 20 heavy (non-hydrogen) atoms. The summed E-state index contributed by atoms with van der Waals surface area (Å²) in [5.41, 5.74) is 6.16. The minimum Gasteiger partial charge on any atom is -0.478 e. The average molecular weight is 276 g/mol. The molecule has 0 fully saturated rings. The number of hydrogen-bond donors (Lipinski definition) is 2. The topological polar surface area (TPSA) is 101 Å². The van der Waals surface area contributed by atoms with Gasteiger partial charge in [0.05, 0.1) is 6.54 Å². The minimum atomic E-state index is -1.04. The van der Waals surface area contributed by atoms with E-state index in [1.165, 1.54) is 11.0 Å². The first-order valence-electron chi connectivity index (χ1n) is 6.02. The van der Waals surface area contributed by atoms with Gasteiger partial charge in [-0.05, 0) is 30.7 Å². The van der Waals surface area contributed by atoms with Crippen molar-refractivity contribution >= 4 is 23.9 Å². The van der Waals surface area contributed by atoms with Crippen LogP contribution in [0, 0.1) is 0 Å². The van der Waals surface area contributed by atoms with E-state index >= 15 is 0 Å². The lowest BCUT2D eigenvalue weighted by Crippen LogP contribution is -2.38. The molecule has 0 spiro atoms. The number of nitrogens with zero attached hydrogens (tertiary/aromatic N) is 1. The first kappa shape index (κ1) is 15.4. The van der Waals surface area contributed by atoms with Gasteiger partial charge in [0, 0.05) is 18.2 Å². The van der Waals surface area contributed by atoms with Crippen molar-refractivity contribution in [3.8, 4) is 0 Å². The third-order valence-corrected chi connectivity index (χ3v) is 2.59. The van der Waals surface area contributed by atoms with E-state index in [9.17, 15) is 14.4 Å². The molecule has 1 aromatic rings. The lowest BCUT2D eigenvalue weighted by molar-refractivity contribution is -0.131. The van der Waals surface area contributed by atoms with Gasteiger partial charge in [-0.3, -0.25) is 9.59 Å². The lowest BCUT2D eigenvalue weighted by Gasteiger charge is -2.19. The number of amides is 2. The molecule has 0 aliphatic rings. The van der Waals surface area contributed by atoms with Gasteiger partial charge in [-0.15, -0.1) is 0 Å². The highest BCUT2D eigenvalue weighted by Gasteiger charge is 2.15. The van der Waals surface area contributed by atoms with Gasteiger partial charge in [-0.2, -0.15) is 0 Å². The maximum absolute atomic E-state index is 12.1. The second kappa shape index (κ2) is 7.08. The minimum absolute atomic E-state index is 0.129. The van der Waals surface area contributed by atoms with Crippen LogP contribution in [0.15, 0.2) is 30.3 Å². The summed E-state index contributed by atoms with van der Waals surface area (Å²) in [6.07, 6.45) is 2.44. The number of carbonyl (C=O) groups excluding carboxylic acids is 2. The Morgan fingerprint density at radius 2 is 1.85 bits per heavy atom. The van der Waals surface area contributed by atoms with E-state index in [4.69, 9.17) is 10.8 Å². The molecule has 6 heteroatoms. The Balaban J connectivity index is 2.84. The molecule has 3 N–H and O–H groups in total. The fourth-order valence-electron chi connectivity index (χ4n) is 1.60. The summed E-state index contributed by atoms with van der Waals surface area (Å²) < 4.78 is 0. The zero-order chi connectivity index (χ0) is 15.1. The maximum atomic E-state index is 12.1. The molecule has 0 bridgehead atoms. The highest BCUT2D eigenvalue weighted by molar-refractivity contribution is 5.96. The summed E-state index contributed by atoms with van der Waals surface area (Å²) in [6, 6.07) is 6.41. The Kier molecular flexibility index (Phi) is 5.46. The summed E-state index contributed by atoms with van der Waals surface area (Å²) in [5.74, 6) is -1.90. The number of nitrogens with two attached hydrogens (primary N) is 1. The highest BCUT2D eigenvalue weighted by Crippen LogP contribution is 2.09. The van der Waals surface area contributed by atoms with Crippen LogP contribution < -0.4 is 5.73 Å². The van der Waals surface area contributed by atoms with Gasteiger partial charge in [0.1, 0.15) is 0 Å². The van der Waals surface area contributed by atoms with Crippen molar-refractivity contribution in [3.05, 3.63) is 41.5 Å². The fraction of sp³-hybridized carbons (Fsp3) is 0.214. The van der Waals surface area contributed by atoms with E-state index in [-0.39, 0.29) is 12.5 Å². The van der Waals surface area contributed by atoms with E-state index in [0.717, 1.165) is 6.08 Å². The van der Waals surface area contributed by atoms with Crippen molar-refractivity contribution in [3.63, 3.8) is 0 Å². The van der Waals surface area contributed by atoms with Gasteiger partial charge >= 0.3 is 5.97 Å². The molecular weight excluding hydrogens is 260 g/mol. The van der Waals surface area contributed by atoms with Crippen molar-refractivity contribution in [1.29, 1.82) is 0 Å². The number of hydrogen-bond acceptors (Lipinski definition) is 3. The van der Waals surface area contributed by atoms with Gasteiger partial charge in [-0.1, -0.05) is 12.1 Å². The van der Waals surface area contributed by atoms with E-state index in [1.54, 1.807) is 31.2 Å². The number of rotatable bonds is 6. The van der Waals surface area contributed by atoms with Crippen molar-refractivity contribution < 1.29 is 19.5 Å². The number of primary amides is 1. The molecule has 0 aromatic heterocycles. The molecule has 0 unspecified atom stereocenters. The van der Waals surface area contributed by atoms with Gasteiger partial charge in [0.2, 0.25) is 5.91 Å². The van der Waals surface area contributed by atoms with Gasteiger partial charge in [0.15, 0.2) is 0 Å². The largest absolute Gasteiger partial charge is 0.478 e. The number of carboxylic acid groups (broad SMARTS) is 1. The number of carboxylic acids is 1. The van der Waals surface area contributed by atoms with Crippen molar-refractivity contribution in [2.75, 3.05) is 13.1 Å². The second-order valence-electron chi connectivity index (χ2n) is 4.08. The van der Waals surface area contributed by atoms with Gasteiger partial charge in [0.25, 0.3) is 5.91 Å². The standard InChI is InChI=1S/C14H16N2O4/c1-2-16(9-12(15)17)14(20)11-6-3-10(4-7-11)5-8-13(18)19/h3-8H,2,9H2,1H3,(H2,15,17)(H,18,19)/b8-5+. The molecular formula is C14H16N2O4. The summed E-state index contributed by atoms with van der Waals surface area (Å²) in [7, 11) is 0. The summed E-state index contributed by atoms with van der Waals surface area (Å²) >= 11 is 0. The second-order valence-corrected chi connectivity index (χ2v) is 4.08. The summed E-state index contributed by atoms with van der Waals surface area (Å²) in [4.78, 5) is 34.7. The van der Waals surface area contributed by atoms with Crippen LogP contribution in [0.4, 0.5) is 0 Å². The number of aliphatic carboxylic acids is 1. The molecule has 0 saturated heterocycles. The Labute approximate surface area is 116 Å². The number of likely N-dealkylation sites (N-methyl/N-ethyl adjacent to an activating group) is 1. The van der Waals surface area contributed by atoms with Crippen LogP contribution in [0.25, 0.3) is 6.08 Å². The van der Waals surface area contributed by atoms with Crippen LogP contribution in [-0.2, 0) is 9.59 Å². The maximum Gasteiger partial charge on any atom is 0.328 e. The normalized spacial score (nSPS) is 10.4. The van der Waals surface area contributed by atoms with Gasteiger partial charge < -0.3 is 15.7 Å². The summed E-state index contributed by atoms with van der Waals surface area (Å²) in [6.45, 7) is 2.00. The molecule has 1 aromatic carbocycles. The molecule has 0 atom stereocenters. The molecule has 0 aliphatic carbocycles. The fourth-order valence-corrected chi connectivity index (χ4v) is 1.60. The third-order valence-electron chi connectivity index (χ3n) is 2.59. The zero-order valence-corrected chi connectivity index (χ0v) is 11.1. The zero-order valence-electron chi connectivity index (χ0n) is 11.1. The van der Waals surface area contributed by atoms with Crippen LogP contribution in [0.1, 0.15) is 22.8 Å². The Morgan fingerprint density at radius 1 is 1.25 bits per heavy atom. The van der Waals surface area contributed by atoms with Crippen molar-refractivity contribution in [2.24, 2.45) is 5.73 Å². The first-order chi connectivity index (χ1) is 9.43. The smallest absolute Gasteiger partial charge is 0.328 e. The van der Waals surface area contributed by atoms with E-state index in [0.29, 0.717) is 17.7 Å². The van der Waals surface area contributed by atoms with Crippen LogP contribution in [0.2, 0.25) is 0 Å². The molecule has 106 valence electrons.